The first-order valence-corrected chi connectivity index (χ1v) is 10.6. The van der Waals surface area contributed by atoms with Gasteiger partial charge in [-0.2, -0.15) is 5.26 Å². The van der Waals surface area contributed by atoms with E-state index in [9.17, 15) is 10.1 Å². The van der Waals surface area contributed by atoms with Gasteiger partial charge >= 0.3 is 0 Å². The molecule has 1 fully saturated rings. The van der Waals surface area contributed by atoms with Crippen molar-refractivity contribution in [2.24, 2.45) is 0 Å². The summed E-state index contributed by atoms with van der Waals surface area (Å²) in [7, 11) is 4.57. The summed E-state index contributed by atoms with van der Waals surface area (Å²) < 4.78 is 16.1. The monoisotopic (exact) mass is 446 g/mol. The number of hydrogen-bond donors (Lipinski definition) is 0. The molecule has 0 unspecified atom stereocenters. The number of aromatic nitrogens is 1. The molecule has 1 aromatic heterocycles. The minimum Gasteiger partial charge on any atom is -0.493 e. The predicted molar refractivity (Wildman–Crippen MR) is 125 cm³/mol. The van der Waals surface area contributed by atoms with E-state index in [1.54, 1.807) is 17.0 Å². The third-order valence-electron chi connectivity index (χ3n) is 5.85. The predicted octanol–water partition coefficient (Wildman–Crippen LogP) is 3.40. The zero-order valence-electron chi connectivity index (χ0n) is 19.2. The highest BCUT2D eigenvalue weighted by Crippen LogP contribution is 2.38. The second-order valence-corrected chi connectivity index (χ2v) is 7.86. The van der Waals surface area contributed by atoms with Crippen LogP contribution in [0.15, 0.2) is 36.4 Å². The average molecular weight is 447 g/mol. The number of nitrogens with zero attached hydrogens (tertiary/aromatic N) is 4. The molecule has 170 valence electrons. The van der Waals surface area contributed by atoms with Gasteiger partial charge in [0.25, 0.3) is 5.91 Å². The third kappa shape index (κ3) is 4.22. The van der Waals surface area contributed by atoms with Gasteiger partial charge in [-0.1, -0.05) is 12.1 Å². The van der Waals surface area contributed by atoms with Crippen LogP contribution in [0.3, 0.4) is 0 Å². The summed E-state index contributed by atoms with van der Waals surface area (Å²) in [5, 5.41) is 10.6. The molecule has 0 bridgehead atoms. The number of methoxy groups -OCH3 is 3. The van der Waals surface area contributed by atoms with Crippen molar-refractivity contribution < 1.29 is 19.0 Å². The van der Waals surface area contributed by atoms with Gasteiger partial charge in [0.15, 0.2) is 11.5 Å². The second kappa shape index (κ2) is 9.25. The van der Waals surface area contributed by atoms with Crippen molar-refractivity contribution >= 4 is 22.6 Å². The molecule has 0 N–H and O–H groups in total. The SMILES string of the molecule is COc1cc(C(=O)N2CCN(c3nc4cc(C)ccc4cc3C#N)CC2)cc(OC)c1OC. The Morgan fingerprint density at radius 3 is 2.21 bits per heavy atom. The Labute approximate surface area is 192 Å². The lowest BCUT2D eigenvalue weighted by atomic mass is 10.1. The standard InChI is InChI=1S/C25H26N4O4/c1-16-5-6-17-12-19(15-26)24(27-20(17)11-16)28-7-9-29(10-8-28)25(30)18-13-21(31-2)23(33-4)22(14-18)32-3/h5-6,11-14H,7-10H2,1-4H3. The van der Waals surface area contributed by atoms with E-state index in [0.29, 0.717) is 60.4 Å². The largest absolute Gasteiger partial charge is 0.493 e. The number of anilines is 1. The van der Waals surface area contributed by atoms with E-state index in [1.807, 2.05) is 31.2 Å². The molecule has 0 aliphatic carbocycles. The smallest absolute Gasteiger partial charge is 0.254 e. The normalized spacial score (nSPS) is 13.5. The van der Waals surface area contributed by atoms with Crippen LogP contribution in [0.4, 0.5) is 5.82 Å². The second-order valence-electron chi connectivity index (χ2n) is 7.86. The summed E-state index contributed by atoms with van der Waals surface area (Å²) in [5.74, 6) is 1.87. The lowest BCUT2D eigenvalue weighted by molar-refractivity contribution is 0.0745. The van der Waals surface area contributed by atoms with Crippen molar-refractivity contribution in [2.75, 3.05) is 52.4 Å². The number of piperazine rings is 1. The van der Waals surface area contributed by atoms with Crippen LogP contribution in [-0.4, -0.2) is 63.3 Å². The van der Waals surface area contributed by atoms with E-state index in [2.05, 4.69) is 11.0 Å². The summed E-state index contributed by atoms with van der Waals surface area (Å²) in [6.45, 7) is 4.19. The first kappa shape index (κ1) is 22.2. The molecule has 0 saturated carbocycles. The quantitative estimate of drug-likeness (QED) is 0.593. The Balaban J connectivity index is 1.55. The number of fused-ring (bicyclic) bond motifs is 1. The van der Waals surface area contributed by atoms with Crippen molar-refractivity contribution in [1.29, 1.82) is 5.26 Å². The van der Waals surface area contributed by atoms with Crippen LogP contribution < -0.4 is 19.1 Å². The molecule has 8 nitrogen and oxygen atoms in total. The van der Waals surface area contributed by atoms with E-state index in [1.165, 1.54) is 21.3 Å². The summed E-state index contributed by atoms with van der Waals surface area (Å²) in [6, 6.07) is 13.5. The Hall–Kier alpha value is -3.99. The Morgan fingerprint density at radius 2 is 1.64 bits per heavy atom. The number of carbonyl (C=O) groups is 1. The number of pyridine rings is 1. The molecule has 1 amide bonds. The van der Waals surface area contributed by atoms with Gasteiger partial charge in [-0.25, -0.2) is 4.98 Å². The van der Waals surface area contributed by atoms with Gasteiger partial charge in [-0.3, -0.25) is 4.79 Å². The highest BCUT2D eigenvalue weighted by molar-refractivity contribution is 5.96. The minimum absolute atomic E-state index is 0.114. The first-order valence-electron chi connectivity index (χ1n) is 10.6. The van der Waals surface area contributed by atoms with Gasteiger partial charge in [0.2, 0.25) is 5.75 Å². The van der Waals surface area contributed by atoms with Crippen LogP contribution in [0.2, 0.25) is 0 Å². The van der Waals surface area contributed by atoms with Gasteiger partial charge in [0.1, 0.15) is 11.9 Å². The van der Waals surface area contributed by atoms with Crippen LogP contribution in [0.5, 0.6) is 17.2 Å². The molecule has 2 aromatic carbocycles. The molecule has 0 spiro atoms. The lowest BCUT2D eigenvalue weighted by Crippen LogP contribution is -2.49. The number of hydrogen-bond acceptors (Lipinski definition) is 7. The van der Waals surface area contributed by atoms with E-state index in [-0.39, 0.29) is 5.91 Å². The summed E-state index contributed by atoms with van der Waals surface area (Å²) >= 11 is 0. The van der Waals surface area contributed by atoms with Crippen molar-refractivity contribution in [1.82, 2.24) is 9.88 Å². The summed E-state index contributed by atoms with van der Waals surface area (Å²) in [4.78, 5) is 21.8. The van der Waals surface area contributed by atoms with E-state index >= 15 is 0 Å². The van der Waals surface area contributed by atoms with Crippen LogP contribution >= 0.6 is 0 Å². The zero-order valence-corrected chi connectivity index (χ0v) is 19.2. The molecule has 1 saturated heterocycles. The van der Waals surface area contributed by atoms with Gasteiger partial charge in [0.05, 0.1) is 32.4 Å². The van der Waals surface area contributed by atoms with Gasteiger partial charge in [0, 0.05) is 37.1 Å². The van der Waals surface area contributed by atoms with Crippen molar-refractivity contribution in [2.45, 2.75) is 6.92 Å². The number of carbonyl (C=O) groups excluding carboxylic acids is 1. The molecular weight excluding hydrogens is 420 g/mol. The fourth-order valence-electron chi connectivity index (χ4n) is 4.10. The topological polar surface area (TPSA) is 87.9 Å². The molecule has 0 atom stereocenters. The van der Waals surface area contributed by atoms with E-state index in [4.69, 9.17) is 19.2 Å². The fraction of sp³-hybridized carbons (Fsp3) is 0.320. The number of nitriles is 1. The van der Waals surface area contributed by atoms with E-state index < -0.39 is 0 Å². The molecule has 1 aliphatic rings. The fourth-order valence-corrected chi connectivity index (χ4v) is 4.10. The average Bonchev–Trinajstić information content (AvgIpc) is 2.86. The molecule has 4 rings (SSSR count). The number of aryl methyl sites for hydroxylation is 1. The highest BCUT2D eigenvalue weighted by atomic mass is 16.5. The van der Waals surface area contributed by atoms with Crippen molar-refractivity contribution in [3.63, 3.8) is 0 Å². The Morgan fingerprint density at radius 1 is 0.970 bits per heavy atom. The number of rotatable bonds is 5. The van der Waals surface area contributed by atoms with E-state index in [0.717, 1.165) is 16.5 Å². The summed E-state index contributed by atoms with van der Waals surface area (Å²) in [5.41, 5.74) is 2.98. The Kier molecular flexibility index (Phi) is 6.22. The van der Waals surface area contributed by atoms with Gasteiger partial charge in [-0.15, -0.1) is 0 Å². The molecule has 3 aromatic rings. The van der Waals surface area contributed by atoms with Crippen LogP contribution in [0, 0.1) is 18.3 Å². The number of benzene rings is 2. The maximum absolute atomic E-state index is 13.2. The molecule has 8 heteroatoms. The van der Waals surface area contributed by atoms with Crippen LogP contribution in [0.25, 0.3) is 10.9 Å². The molecule has 1 aliphatic heterocycles. The highest BCUT2D eigenvalue weighted by Gasteiger charge is 2.26. The molecular formula is C25H26N4O4. The first-order chi connectivity index (χ1) is 16.0. The zero-order chi connectivity index (χ0) is 23.5. The number of ether oxygens (including phenoxy) is 3. The maximum atomic E-state index is 13.2. The molecule has 2 heterocycles. The molecule has 0 radical (unpaired) electrons. The van der Waals surface area contributed by atoms with Crippen LogP contribution in [0.1, 0.15) is 21.5 Å². The Bertz CT molecular complexity index is 1220. The van der Waals surface area contributed by atoms with Gasteiger partial charge < -0.3 is 24.0 Å². The van der Waals surface area contributed by atoms with Crippen LogP contribution in [-0.2, 0) is 0 Å². The van der Waals surface area contributed by atoms with Crippen molar-refractivity contribution in [3.8, 4) is 23.3 Å². The third-order valence-corrected chi connectivity index (χ3v) is 5.85. The summed E-state index contributed by atoms with van der Waals surface area (Å²) in [6.07, 6.45) is 0. The maximum Gasteiger partial charge on any atom is 0.254 e. The number of amides is 1. The van der Waals surface area contributed by atoms with Crippen molar-refractivity contribution in [3.05, 3.63) is 53.1 Å². The van der Waals surface area contributed by atoms with Gasteiger partial charge in [-0.05, 0) is 36.8 Å². The minimum atomic E-state index is -0.114. The lowest BCUT2D eigenvalue weighted by Gasteiger charge is -2.36. The molecule has 33 heavy (non-hydrogen) atoms.